The zero-order chi connectivity index (χ0) is 16.4. The van der Waals surface area contributed by atoms with Crippen molar-refractivity contribution >= 4 is 11.8 Å². The molecule has 4 nitrogen and oxygen atoms in total. The van der Waals surface area contributed by atoms with Crippen LogP contribution in [-0.4, -0.2) is 25.5 Å². The van der Waals surface area contributed by atoms with Crippen molar-refractivity contribution < 1.29 is 19.1 Å². The molecule has 0 spiro atoms. The zero-order valence-corrected chi connectivity index (χ0v) is 13.8. The topological polar surface area (TPSA) is 52.6 Å². The molecule has 0 unspecified atom stereocenters. The zero-order valence-electron chi connectivity index (χ0n) is 13.8. The summed E-state index contributed by atoms with van der Waals surface area (Å²) in [7, 11) is 1.54. The van der Waals surface area contributed by atoms with E-state index in [0.29, 0.717) is 29.9 Å². The maximum atomic E-state index is 12.5. The molecule has 1 aromatic rings. The maximum absolute atomic E-state index is 12.5. The SMILES string of the molecule is CCCCCCC(=O)c1c(CC(=O)OCC)cccc1OC. The molecule has 4 heteroatoms. The lowest BCUT2D eigenvalue weighted by Gasteiger charge is -2.13. The molecule has 0 fully saturated rings. The fourth-order valence-electron chi connectivity index (χ4n) is 2.42. The molecule has 0 radical (unpaired) electrons. The van der Waals surface area contributed by atoms with Crippen LogP contribution in [0.5, 0.6) is 5.75 Å². The molecular formula is C18H26O4. The van der Waals surface area contributed by atoms with Crippen LogP contribution in [0, 0.1) is 0 Å². The molecule has 0 aliphatic rings. The molecule has 0 heterocycles. The van der Waals surface area contributed by atoms with Crippen molar-refractivity contribution in [2.24, 2.45) is 0 Å². The summed E-state index contributed by atoms with van der Waals surface area (Å²) < 4.78 is 10.3. The molecule has 1 rings (SSSR count). The Morgan fingerprint density at radius 3 is 2.50 bits per heavy atom. The highest BCUT2D eigenvalue weighted by molar-refractivity contribution is 6.01. The van der Waals surface area contributed by atoms with Crippen LogP contribution in [0.25, 0.3) is 0 Å². The van der Waals surface area contributed by atoms with Gasteiger partial charge < -0.3 is 9.47 Å². The van der Waals surface area contributed by atoms with Gasteiger partial charge in [0.25, 0.3) is 0 Å². The summed E-state index contributed by atoms with van der Waals surface area (Å²) in [5, 5.41) is 0. The van der Waals surface area contributed by atoms with Crippen LogP contribution < -0.4 is 4.74 Å². The molecule has 0 aromatic heterocycles. The van der Waals surface area contributed by atoms with Crippen molar-refractivity contribution in [3.8, 4) is 5.75 Å². The van der Waals surface area contributed by atoms with Gasteiger partial charge in [0.2, 0.25) is 0 Å². The molecule has 0 aliphatic carbocycles. The predicted molar refractivity (Wildman–Crippen MR) is 86.4 cm³/mol. The van der Waals surface area contributed by atoms with Crippen LogP contribution in [0.2, 0.25) is 0 Å². The molecule has 0 atom stereocenters. The maximum Gasteiger partial charge on any atom is 0.310 e. The van der Waals surface area contributed by atoms with E-state index < -0.39 is 0 Å². The van der Waals surface area contributed by atoms with E-state index >= 15 is 0 Å². The first-order valence-corrected chi connectivity index (χ1v) is 7.98. The molecule has 122 valence electrons. The second-order valence-electron chi connectivity index (χ2n) is 5.21. The highest BCUT2D eigenvalue weighted by Gasteiger charge is 2.19. The minimum atomic E-state index is -0.323. The number of ketones is 1. The van der Waals surface area contributed by atoms with Gasteiger partial charge in [-0.1, -0.05) is 38.3 Å². The summed E-state index contributed by atoms with van der Waals surface area (Å²) in [4.78, 5) is 24.2. The lowest BCUT2D eigenvalue weighted by Crippen LogP contribution is -2.13. The fraction of sp³-hybridized carbons (Fsp3) is 0.556. The summed E-state index contributed by atoms with van der Waals surface area (Å²) in [6.07, 6.45) is 4.76. The first-order valence-electron chi connectivity index (χ1n) is 7.98. The Labute approximate surface area is 132 Å². The molecule has 0 bridgehead atoms. The van der Waals surface area contributed by atoms with Crippen LogP contribution in [0.1, 0.15) is 61.9 Å². The Hall–Kier alpha value is -1.84. The molecule has 1 aromatic carbocycles. The highest BCUT2D eigenvalue weighted by Crippen LogP contribution is 2.25. The largest absolute Gasteiger partial charge is 0.496 e. The normalized spacial score (nSPS) is 10.3. The van der Waals surface area contributed by atoms with Crippen molar-refractivity contribution in [2.75, 3.05) is 13.7 Å². The number of hydrogen-bond acceptors (Lipinski definition) is 4. The number of hydrogen-bond donors (Lipinski definition) is 0. The van der Waals surface area contributed by atoms with Gasteiger partial charge in [0.05, 0.1) is 25.7 Å². The summed E-state index contributed by atoms with van der Waals surface area (Å²) in [6.45, 7) is 4.24. The number of esters is 1. The van der Waals surface area contributed by atoms with Gasteiger partial charge in [0.1, 0.15) is 5.75 Å². The van der Waals surface area contributed by atoms with Gasteiger partial charge in [0.15, 0.2) is 5.78 Å². The first-order chi connectivity index (χ1) is 10.6. The van der Waals surface area contributed by atoms with E-state index in [1.807, 2.05) is 0 Å². The molecule has 0 N–H and O–H groups in total. The second kappa shape index (κ2) is 9.98. The highest BCUT2D eigenvalue weighted by atomic mass is 16.5. The molecule has 0 saturated carbocycles. The number of ether oxygens (including phenoxy) is 2. The third-order valence-electron chi connectivity index (χ3n) is 3.51. The summed E-state index contributed by atoms with van der Waals surface area (Å²) in [5.41, 5.74) is 1.20. The van der Waals surface area contributed by atoms with E-state index in [2.05, 4.69) is 6.92 Å². The number of Topliss-reactive ketones (excluding diaryl/α,β-unsaturated/α-hetero) is 1. The Bertz CT molecular complexity index is 494. The van der Waals surface area contributed by atoms with Gasteiger partial charge in [-0.2, -0.15) is 0 Å². The van der Waals surface area contributed by atoms with Crippen LogP contribution >= 0.6 is 0 Å². The van der Waals surface area contributed by atoms with E-state index in [1.165, 1.54) is 7.11 Å². The van der Waals surface area contributed by atoms with Gasteiger partial charge in [0, 0.05) is 6.42 Å². The second-order valence-corrected chi connectivity index (χ2v) is 5.21. The first kappa shape index (κ1) is 18.2. The number of methoxy groups -OCH3 is 1. The van der Waals surface area contributed by atoms with Crippen LogP contribution in [0.15, 0.2) is 18.2 Å². The summed E-state index contributed by atoms with van der Waals surface area (Å²) >= 11 is 0. The minimum absolute atomic E-state index is 0.0350. The van der Waals surface area contributed by atoms with Gasteiger partial charge in [-0.15, -0.1) is 0 Å². The van der Waals surface area contributed by atoms with Gasteiger partial charge in [-0.25, -0.2) is 0 Å². The lowest BCUT2D eigenvalue weighted by atomic mass is 9.96. The average Bonchev–Trinajstić information content (AvgIpc) is 2.51. The van der Waals surface area contributed by atoms with E-state index in [-0.39, 0.29) is 18.2 Å². The van der Waals surface area contributed by atoms with Crippen molar-refractivity contribution in [3.63, 3.8) is 0 Å². The molecule has 0 amide bonds. The predicted octanol–water partition coefficient (Wildman–Crippen LogP) is 3.95. The Morgan fingerprint density at radius 2 is 1.86 bits per heavy atom. The Kier molecular flexibility index (Phi) is 8.26. The van der Waals surface area contributed by atoms with E-state index in [0.717, 1.165) is 25.7 Å². The van der Waals surface area contributed by atoms with Gasteiger partial charge >= 0.3 is 5.97 Å². The van der Waals surface area contributed by atoms with E-state index in [9.17, 15) is 9.59 Å². The van der Waals surface area contributed by atoms with Crippen LogP contribution in [0.4, 0.5) is 0 Å². The van der Waals surface area contributed by atoms with Gasteiger partial charge in [-0.05, 0) is 25.0 Å². The Balaban J connectivity index is 2.88. The van der Waals surface area contributed by atoms with Crippen LogP contribution in [0.3, 0.4) is 0 Å². The third-order valence-corrected chi connectivity index (χ3v) is 3.51. The number of benzene rings is 1. The van der Waals surface area contributed by atoms with Crippen LogP contribution in [-0.2, 0) is 16.0 Å². The number of carbonyl (C=O) groups excluding carboxylic acids is 2. The van der Waals surface area contributed by atoms with Crippen molar-refractivity contribution in [3.05, 3.63) is 29.3 Å². The van der Waals surface area contributed by atoms with E-state index in [1.54, 1.807) is 25.1 Å². The molecule has 0 saturated heterocycles. The number of carbonyl (C=O) groups is 2. The third kappa shape index (κ3) is 5.51. The number of rotatable bonds is 10. The van der Waals surface area contributed by atoms with Crippen molar-refractivity contribution in [1.29, 1.82) is 0 Å². The molecular weight excluding hydrogens is 280 g/mol. The molecule has 0 aliphatic heterocycles. The quantitative estimate of drug-likeness (QED) is 0.373. The van der Waals surface area contributed by atoms with Crippen molar-refractivity contribution in [1.82, 2.24) is 0 Å². The smallest absolute Gasteiger partial charge is 0.310 e. The molecule has 22 heavy (non-hydrogen) atoms. The fourth-order valence-corrected chi connectivity index (χ4v) is 2.42. The Morgan fingerprint density at radius 1 is 1.09 bits per heavy atom. The summed E-state index contributed by atoms with van der Waals surface area (Å²) in [6, 6.07) is 5.34. The average molecular weight is 306 g/mol. The monoisotopic (exact) mass is 306 g/mol. The van der Waals surface area contributed by atoms with Crippen molar-refractivity contribution in [2.45, 2.75) is 52.4 Å². The van der Waals surface area contributed by atoms with Gasteiger partial charge in [-0.3, -0.25) is 9.59 Å². The minimum Gasteiger partial charge on any atom is -0.496 e. The lowest BCUT2D eigenvalue weighted by molar-refractivity contribution is -0.142. The standard InChI is InChI=1S/C18H26O4/c1-4-6-7-8-11-15(19)18-14(13-17(20)22-5-2)10-9-12-16(18)21-3/h9-10,12H,4-8,11,13H2,1-3H3. The number of unbranched alkanes of at least 4 members (excludes halogenated alkanes) is 3. The summed E-state index contributed by atoms with van der Waals surface area (Å²) in [5.74, 6) is 0.242. The van der Waals surface area contributed by atoms with E-state index in [4.69, 9.17) is 9.47 Å².